The van der Waals surface area contributed by atoms with Crippen LogP contribution in [0.25, 0.3) is 10.2 Å². The van der Waals surface area contributed by atoms with Gasteiger partial charge in [-0.2, -0.15) is 0 Å². The number of benzene rings is 2. The van der Waals surface area contributed by atoms with Gasteiger partial charge in [-0.25, -0.2) is 9.37 Å². The maximum absolute atomic E-state index is 13.1. The van der Waals surface area contributed by atoms with Gasteiger partial charge in [-0.15, -0.1) is 0 Å². The summed E-state index contributed by atoms with van der Waals surface area (Å²) in [6, 6.07) is 13.2. The molecule has 3 rings (SSSR count). The van der Waals surface area contributed by atoms with E-state index in [1.807, 2.05) is 6.07 Å². The molecule has 0 radical (unpaired) electrons. The molecule has 94 valence electrons. The molecule has 3 aromatic rings. The third-order valence-corrected chi connectivity index (χ3v) is 3.54. The summed E-state index contributed by atoms with van der Waals surface area (Å²) < 4.78 is 13.8. The molecule has 0 aliphatic rings. The lowest BCUT2D eigenvalue weighted by molar-refractivity contribution is 0.102. The number of carbonyl (C=O) groups is 1. The lowest BCUT2D eigenvalue weighted by Gasteiger charge is -2.00. The molecule has 3 nitrogen and oxygen atoms in total. The fourth-order valence-corrected chi connectivity index (χ4v) is 2.60. The Morgan fingerprint density at radius 3 is 2.74 bits per heavy atom. The van der Waals surface area contributed by atoms with E-state index in [0.29, 0.717) is 20.9 Å². The van der Waals surface area contributed by atoms with Gasteiger partial charge in [-0.3, -0.25) is 10.1 Å². The molecule has 0 aliphatic heterocycles. The number of anilines is 1. The highest BCUT2D eigenvalue weighted by Gasteiger charge is 2.09. The normalized spacial score (nSPS) is 10.6. The topological polar surface area (TPSA) is 42.0 Å². The van der Waals surface area contributed by atoms with Crippen molar-refractivity contribution in [2.75, 3.05) is 5.32 Å². The zero-order valence-electron chi connectivity index (χ0n) is 9.76. The molecule has 0 spiro atoms. The number of fused-ring (bicyclic) bond motifs is 1. The summed E-state index contributed by atoms with van der Waals surface area (Å²) >= 11 is 1.25. The molecule has 0 atom stereocenters. The third kappa shape index (κ3) is 2.46. The molecule has 0 fully saturated rings. The first kappa shape index (κ1) is 11.8. The Hall–Kier alpha value is -2.27. The summed E-state index contributed by atoms with van der Waals surface area (Å²) in [5.74, 6) is -0.530. The molecule has 0 saturated heterocycles. The van der Waals surface area contributed by atoms with Gasteiger partial charge in [0.05, 0.1) is 10.2 Å². The van der Waals surface area contributed by atoms with Crippen LogP contribution in [0.4, 0.5) is 9.52 Å². The molecular weight excluding hydrogens is 263 g/mol. The van der Waals surface area contributed by atoms with Gasteiger partial charge >= 0.3 is 0 Å². The van der Waals surface area contributed by atoms with E-state index in [-0.39, 0.29) is 11.7 Å². The molecule has 5 heteroatoms. The number of rotatable bonds is 2. The maximum Gasteiger partial charge on any atom is 0.257 e. The summed E-state index contributed by atoms with van der Waals surface area (Å²) in [7, 11) is 0. The fourth-order valence-electron chi connectivity index (χ4n) is 1.71. The highest BCUT2D eigenvalue weighted by atomic mass is 32.1. The molecular formula is C14H9FN2OS. The van der Waals surface area contributed by atoms with E-state index in [1.165, 1.54) is 23.5 Å². The molecule has 2 aromatic carbocycles. The maximum atomic E-state index is 13.1. The van der Waals surface area contributed by atoms with Crippen LogP contribution in [0.2, 0.25) is 0 Å². The molecule has 0 saturated carbocycles. The van der Waals surface area contributed by atoms with E-state index in [0.717, 1.165) is 0 Å². The van der Waals surface area contributed by atoms with Crippen LogP contribution in [0.3, 0.4) is 0 Å². The van der Waals surface area contributed by atoms with E-state index >= 15 is 0 Å². The average molecular weight is 272 g/mol. The summed E-state index contributed by atoms with van der Waals surface area (Å²) in [5.41, 5.74) is 1.24. The van der Waals surface area contributed by atoms with Crippen LogP contribution in [0.5, 0.6) is 0 Å². The van der Waals surface area contributed by atoms with Crippen LogP contribution >= 0.6 is 11.3 Å². The van der Waals surface area contributed by atoms with E-state index < -0.39 is 0 Å². The van der Waals surface area contributed by atoms with Gasteiger partial charge in [0.2, 0.25) is 0 Å². The number of carbonyl (C=O) groups excluding carboxylic acids is 1. The Morgan fingerprint density at radius 1 is 1.16 bits per heavy atom. The molecule has 1 amide bonds. The smallest absolute Gasteiger partial charge is 0.257 e. The third-order valence-electron chi connectivity index (χ3n) is 2.61. The van der Waals surface area contributed by atoms with Crippen LogP contribution < -0.4 is 5.32 Å². The van der Waals surface area contributed by atoms with Gasteiger partial charge in [-0.05, 0) is 30.3 Å². The predicted molar refractivity (Wildman–Crippen MR) is 74.0 cm³/mol. The molecule has 0 unspecified atom stereocenters. The Kier molecular flexibility index (Phi) is 2.97. The second-order valence-electron chi connectivity index (χ2n) is 3.95. The van der Waals surface area contributed by atoms with E-state index in [2.05, 4.69) is 10.3 Å². The standard InChI is InChI=1S/C14H9FN2OS/c15-10-6-7-11-12(8-10)19-14(16-11)17-13(18)9-4-2-1-3-5-9/h1-8H,(H,16,17,18). The van der Waals surface area contributed by atoms with Crippen LogP contribution in [0, 0.1) is 5.82 Å². The highest BCUT2D eigenvalue weighted by molar-refractivity contribution is 7.22. The number of aromatic nitrogens is 1. The molecule has 19 heavy (non-hydrogen) atoms. The number of hydrogen-bond donors (Lipinski definition) is 1. The summed E-state index contributed by atoms with van der Waals surface area (Å²) in [5, 5.41) is 3.18. The van der Waals surface area contributed by atoms with Crippen molar-refractivity contribution in [3.8, 4) is 0 Å². The number of nitrogens with one attached hydrogen (secondary N) is 1. The minimum absolute atomic E-state index is 0.222. The van der Waals surface area contributed by atoms with Crippen LogP contribution in [0.1, 0.15) is 10.4 Å². The zero-order chi connectivity index (χ0) is 13.2. The highest BCUT2D eigenvalue weighted by Crippen LogP contribution is 2.26. The Bertz CT molecular complexity index is 740. The van der Waals surface area contributed by atoms with Gasteiger partial charge in [0.25, 0.3) is 5.91 Å². The average Bonchev–Trinajstić information content (AvgIpc) is 2.81. The van der Waals surface area contributed by atoms with Crippen LogP contribution in [-0.2, 0) is 0 Å². The van der Waals surface area contributed by atoms with Crippen LogP contribution in [-0.4, -0.2) is 10.9 Å². The second kappa shape index (κ2) is 4.78. The van der Waals surface area contributed by atoms with E-state index in [1.54, 1.807) is 30.3 Å². The fraction of sp³-hybridized carbons (Fsp3) is 0. The lowest BCUT2D eigenvalue weighted by Crippen LogP contribution is -2.11. The quantitative estimate of drug-likeness (QED) is 0.773. The summed E-state index contributed by atoms with van der Waals surface area (Å²) in [6.07, 6.45) is 0. The Balaban J connectivity index is 1.87. The minimum Gasteiger partial charge on any atom is -0.298 e. The minimum atomic E-state index is -0.308. The SMILES string of the molecule is O=C(Nc1nc2ccc(F)cc2s1)c1ccccc1. The lowest BCUT2D eigenvalue weighted by atomic mass is 10.2. The summed E-state index contributed by atoms with van der Waals surface area (Å²) in [4.78, 5) is 16.2. The van der Waals surface area contributed by atoms with Crippen molar-refractivity contribution < 1.29 is 9.18 Å². The molecule has 0 aliphatic carbocycles. The molecule has 1 aromatic heterocycles. The van der Waals surface area contributed by atoms with Gasteiger partial charge < -0.3 is 0 Å². The first-order valence-corrected chi connectivity index (χ1v) is 6.46. The Morgan fingerprint density at radius 2 is 1.95 bits per heavy atom. The number of hydrogen-bond acceptors (Lipinski definition) is 3. The van der Waals surface area contributed by atoms with Gasteiger partial charge in [0, 0.05) is 5.56 Å². The zero-order valence-corrected chi connectivity index (χ0v) is 10.6. The first-order valence-electron chi connectivity index (χ1n) is 5.65. The van der Waals surface area contributed by atoms with Crippen molar-refractivity contribution in [1.82, 2.24) is 4.98 Å². The number of halogens is 1. The van der Waals surface area contributed by atoms with Crippen molar-refractivity contribution in [2.24, 2.45) is 0 Å². The monoisotopic (exact) mass is 272 g/mol. The number of thiazole rings is 1. The summed E-state index contributed by atoms with van der Waals surface area (Å²) in [6.45, 7) is 0. The van der Waals surface area contributed by atoms with Gasteiger partial charge in [-0.1, -0.05) is 29.5 Å². The largest absolute Gasteiger partial charge is 0.298 e. The van der Waals surface area contributed by atoms with Gasteiger partial charge in [0.1, 0.15) is 5.82 Å². The van der Waals surface area contributed by atoms with E-state index in [9.17, 15) is 9.18 Å². The number of nitrogens with zero attached hydrogens (tertiary/aromatic N) is 1. The second-order valence-corrected chi connectivity index (χ2v) is 4.98. The first-order chi connectivity index (χ1) is 9.22. The molecule has 1 heterocycles. The Labute approximate surface area is 112 Å². The van der Waals surface area contributed by atoms with Gasteiger partial charge in [0.15, 0.2) is 5.13 Å². The molecule has 0 bridgehead atoms. The van der Waals surface area contributed by atoms with E-state index in [4.69, 9.17) is 0 Å². The van der Waals surface area contributed by atoms with Crippen molar-refractivity contribution in [3.63, 3.8) is 0 Å². The molecule has 1 N–H and O–H groups in total. The van der Waals surface area contributed by atoms with Crippen molar-refractivity contribution in [1.29, 1.82) is 0 Å². The van der Waals surface area contributed by atoms with Crippen molar-refractivity contribution in [3.05, 3.63) is 59.9 Å². The van der Waals surface area contributed by atoms with Crippen LogP contribution in [0.15, 0.2) is 48.5 Å². The van der Waals surface area contributed by atoms with Crippen molar-refractivity contribution >= 4 is 32.6 Å². The van der Waals surface area contributed by atoms with Crippen molar-refractivity contribution in [2.45, 2.75) is 0 Å². The number of amides is 1. The predicted octanol–water partition coefficient (Wildman–Crippen LogP) is 3.69.